The van der Waals surface area contributed by atoms with Crippen LogP contribution in [0.1, 0.15) is 5.56 Å². The van der Waals surface area contributed by atoms with Gasteiger partial charge < -0.3 is 4.98 Å². The molecule has 0 aliphatic rings. The summed E-state index contributed by atoms with van der Waals surface area (Å²) >= 11 is 6.00. The van der Waals surface area contributed by atoms with Gasteiger partial charge in [0.05, 0.1) is 4.92 Å². The van der Waals surface area contributed by atoms with Crippen LogP contribution in [0.25, 0.3) is 22.4 Å². The molecule has 0 aliphatic carbocycles. The van der Waals surface area contributed by atoms with Crippen LogP contribution in [0.15, 0.2) is 59.4 Å². The predicted octanol–water partition coefficient (Wildman–Crippen LogP) is 4.14. The molecule has 0 saturated carbocycles. The Morgan fingerprint density at radius 2 is 1.80 bits per heavy atom. The summed E-state index contributed by atoms with van der Waals surface area (Å²) in [5.41, 5.74) is 1.17. The van der Waals surface area contributed by atoms with Gasteiger partial charge in [-0.1, -0.05) is 35.9 Å². The first kappa shape index (κ1) is 16.4. The standard InChI is InChI=1S/C18H10ClN3O3/c19-13-5-1-3-11(7-13)15-9-17(21-18(23)16(15)10-20)12-4-2-6-14(8-12)22(24)25/h1-9H,(H,21,23). The van der Waals surface area contributed by atoms with E-state index in [-0.39, 0.29) is 11.3 Å². The summed E-state index contributed by atoms with van der Waals surface area (Å²) in [5.74, 6) is 0. The van der Waals surface area contributed by atoms with Gasteiger partial charge in [0.1, 0.15) is 11.6 Å². The molecule has 6 nitrogen and oxygen atoms in total. The average molecular weight is 352 g/mol. The van der Waals surface area contributed by atoms with Gasteiger partial charge in [-0.25, -0.2) is 0 Å². The highest BCUT2D eigenvalue weighted by Gasteiger charge is 2.14. The van der Waals surface area contributed by atoms with E-state index >= 15 is 0 Å². The number of aromatic amines is 1. The normalized spacial score (nSPS) is 10.2. The third kappa shape index (κ3) is 3.27. The number of nitrogens with one attached hydrogen (secondary N) is 1. The number of nitrogens with zero attached hydrogens (tertiary/aromatic N) is 2. The van der Waals surface area contributed by atoms with Gasteiger partial charge >= 0.3 is 0 Å². The minimum atomic E-state index is -0.568. The average Bonchev–Trinajstić information content (AvgIpc) is 2.61. The predicted molar refractivity (Wildman–Crippen MR) is 94.3 cm³/mol. The van der Waals surface area contributed by atoms with Gasteiger partial charge in [-0.15, -0.1) is 0 Å². The second kappa shape index (κ2) is 6.59. The Hall–Kier alpha value is -3.43. The molecule has 0 amide bonds. The number of hydrogen-bond donors (Lipinski definition) is 1. The smallest absolute Gasteiger partial charge is 0.270 e. The molecule has 0 spiro atoms. The fraction of sp³-hybridized carbons (Fsp3) is 0. The van der Waals surface area contributed by atoms with Gasteiger partial charge in [0.15, 0.2) is 0 Å². The van der Waals surface area contributed by atoms with E-state index in [1.165, 1.54) is 18.2 Å². The van der Waals surface area contributed by atoms with Crippen LogP contribution < -0.4 is 5.56 Å². The molecular formula is C18H10ClN3O3. The van der Waals surface area contributed by atoms with Crippen molar-refractivity contribution in [3.8, 4) is 28.5 Å². The van der Waals surface area contributed by atoms with E-state index in [9.17, 15) is 20.2 Å². The molecule has 0 saturated heterocycles. The van der Waals surface area contributed by atoms with Gasteiger partial charge in [-0.3, -0.25) is 14.9 Å². The number of nitro benzene ring substituents is 1. The Bertz CT molecular complexity index is 1080. The molecule has 1 N–H and O–H groups in total. The summed E-state index contributed by atoms with van der Waals surface area (Å²) in [6.45, 7) is 0. The fourth-order valence-electron chi connectivity index (χ4n) is 2.50. The van der Waals surface area contributed by atoms with E-state index in [2.05, 4.69) is 4.98 Å². The lowest BCUT2D eigenvalue weighted by molar-refractivity contribution is -0.384. The second-order valence-electron chi connectivity index (χ2n) is 5.23. The Morgan fingerprint density at radius 1 is 1.08 bits per heavy atom. The molecule has 0 unspecified atom stereocenters. The van der Waals surface area contributed by atoms with Crippen LogP contribution in [-0.2, 0) is 0 Å². The number of hydrogen-bond acceptors (Lipinski definition) is 4. The lowest BCUT2D eigenvalue weighted by Crippen LogP contribution is -2.12. The number of nitro groups is 1. The van der Waals surface area contributed by atoms with Crippen LogP contribution in [0.4, 0.5) is 5.69 Å². The van der Waals surface area contributed by atoms with Crippen molar-refractivity contribution in [2.45, 2.75) is 0 Å². The summed E-state index contributed by atoms with van der Waals surface area (Å²) in [5, 5.41) is 20.7. The molecule has 3 aromatic rings. The lowest BCUT2D eigenvalue weighted by atomic mass is 9.99. The van der Waals surface area contributed by atoms with Crippen LogP contribution >= 0.6 is 11.6 Å². The van der Waals surface area contributed by atoms with Crippen LogP contribution in [0.2, 0.25) is 5.02 Å². The Kier molecular flexibility index (Phi) is 4.33. The molecular weight excluding hydrogens is 342 g/mol. The first-order valence-electron chi connectivity index (χ1n) is 7.18. The first-order chi connectivity index (χ1) is 12.0. The van der Waals surface area contributed by atoms with Crippen LogP contribution in [0.3, 0.4) is 0 Å². The van der Waals surface area contributed by atoms with E-state index in [0.717, 1.165) is 0 Å². The molecule has 122 valence electrons. The number of rotatable bonds is 3. The number of non-ortho nitro benzene ring substituents is 1. The molecule has 0 atom stereocenters. The SMILES string of the molecule is N#Cc1c(-c2cccc(Cl)c2)cc(-c2cccc([N+](=O)[O-])c2)[nH]c1=O. The minimum absolute atomic E-state index is 0.0450. The number of nitriles is 1. The highest BCUT2D eigenvalue weighted by atomic mass is 35.5. The van der Waals surface area contributed by atoms with E-state index in [1.54, 1.807) is 36.4 Å². The van der Waals surface area contributed by atoms with Crippen molar-refractivity contribution in [2.24, 2.45) is 0 Å². The van der Waals surface area contributed by atoms with Gasteiger partial charge in [0, 0.05) is 34.0 Å². The Balaban J connectivity index is 2.24. The monoisotopic (exact) mass is 351 g/mol. The fourth-order valence-corrected chi connectivity index (χ4v) is 2.69. The third-order valence-corrected chi connectivity index (χ3v) is 3.88. The largest absolute Gasteiger partial charge is 0.321 e. The summed E-state index contributed by atoms with van der Waals surface area (Å²) in [4.78, 5) is 25.3. The quantitative estimate of drug-likeness (QED) is 0.566. The zero-order chi connectivity index (χ0) is 18.0. The number of halogens is 1. The maximum Gasteiger partial charge on any atom is 0.270 e. The summed E-state index contributed by atoms with van der Waals surface area (Å²) in [6, 6.07) is 16.2. The van der Waals surface area contributed by atoms with Crippen molar-refractivity contribution < 1.29 is 4.92 Å². The van der Waals surface area contributed by atoms with Crippen LogP contribution in [0, 0.1) is 21.4 Å². The number of pyridine rings is 1. The van der Waals surface area contributed by atoms with E-state index < -0.39 is 10.5 Å². The van der Waals surface area contributed by atoms with Crippen molar-refractivity contribution in [2.75, 3.05) is 0 Å². The summed E-state index contributed by atoms with van der Waals surface area (Å²) < 4.78 is 0. The molecule has 3 rings (SSSR count). The highest BCUT2D eigenvalue weighted by Crippen LogP contribution is 2.29. The van der Waals surface area contributed by atoms with Crippen molar-refractivity contribution in [3.05, 3.63) is 85.7 Å². The lowest BCUT2D eigenvalue weighted by Gasteiger charge is -2.08. The van der Waals surface area contributed by atoms with Crippen LogP contribution in [-0.4, -0.2) is 9.91 Å². The molecule has 0 fully saturated rings. The van der Waals surface area contributed by atoms with Crippen molar-refractivity contribution in [1.82, 2.24) is 4.98 Å². The minimum Gasteiger partial charge on any atom is -0.321 e. The van der Waals surface area contributed by atoms with Gasteiger partial charge in [-0.2, -0.15) is 5.26 Å². The van der Waals surface area contributed by atoms with Crippen molar-refractivity contribution in [3.63, 3.8) is 0 Å². The van der Waals surface area contributed by atoms with E-state index in [1.807, 2.05) is 6.07 Å². The van der Waals surface area contributed by atoms with Gasteiger partial charge in [0.2, 0.25) is 0 Å². The first-order valence-corrected chi connectivity index (χ1v) is 7.55. The number of aromatic nitrogens is 1. The molecule has 25 heavy (non-hydrogen) atoms. The van der Waals surface area contributed by atoms with Crippen molar-refractivity contribution in [1.29, 1.82) is 5.26 Å². The maximum atomic E-state index is 12.3. The molecule has 0 radical (unpaired) electrons. The molecule has 1 heterocycles. The van der Waals surface area contributed by atoms with E-state index in [4.69, 9.17) is 11.6 Å². The molecule has 0 aliphatic heterocycles. The zero-order valence-corrected chi connectivity index (χ0v) is 13.4. The van der Waals surface area contributed by atoms with E-state index in [0.29, 0.717) is 27.4 Å². The third-order valence-electron chi connectivity index (χ3n) is 3.65. The maximum absolute atomic E-state index is 12.3. The molecule has 0 bridgehead atoms. The Labute approximate surface area is 147 Å². The molecule has 1 aromatic heterocycles. The molecule has 2 aromatic carbocycles. The number of H-pyrrole nitrogens is 1. The van der Waals surface area contributed by atoms with Crippen LogP contribution in [0.5, 0.6) is 0 Å². The van der Waals surface area contributed by atoms with Gasteiger partial charge in [-0.05, 0) is 23.8 Å². The van der Waals surface area contributed by atoms with Crippen molar-refractivity contribution >= 4 is 17.3 Å². The van der Waals surface area contributed by atoms with Gasteiger partial charge in [0.25, 0.3) is 11.2 Å². The number of benzene rings is 2. The summed E-state index contributed by atoms with van der Waals surface area (Å²) in [7, 11) is 0. The second-order valence-corrected chi connectivity index (χ2v) is 5.67. The Morgan fingerprint density at radius 3 is 2.48 bits per heavy atom. The molecule has 7 heteroatoms. The summed E-state index contributed by atoms with van der Waals surface area (Å²) in [6.07, 6.45) is 0. The topological polar surface area (TPSA) is 99.8 Å². The zero-order valence-electron chi connectivity index (χ0n) is 12.7. The highest BCUT2D eigenvalue weighted by molar-refractivity contribution is 6.30.